The molecule has 5 nitrogen and oxygen atoms in total. The molecule has 23 heavy (non-hydrogen) atoms. The number of nitrogens with one attached hydrogen (secondary N) is 1. The lowest BCUT2D eigenvalue weighted by molar-refractivity contribution is 0.0162. The summed E-state index contributed by atoms with van der Waals surface area (Å²) in [5.41, 5.74) is 0.762. The molecule has 0 saturated carbocycles. The number of likely N-dealkylation sites (tertiary alicyclic amines) is 1. The van der Waals surface area contributed by atoms with Crippen LogP contribution in [0, 0.1) is 12.8 Å². The van der Waals surface area contributed by atoms with E-state index in [4.69, 9.17) is 9.15 Å². The van der Waals surface area contributed by atoms with Gasteiger partial charge in [0, 0.05) is 13.1 Å². The van der Waals surface area contributed by atoms with E-state index < -0.39 is 5.60 Å². The molecule has 0 bridgehead atoms. The SMILES string of the molecule is Cc1ccoc1CNCCC1CCCN(C(=O)OC(C)(C)C)C1. The van der Waals surface area contributed by atoms with Crippen molar-refractivity contribution in [3.63, 3.8) is 0 Å². The average Bonchev–Trinajstić information content (AvgIpc) is 2.88. The first-order chi connectivity index (χ1) is 10.8. The predicted molar refractivity (Wildman–Crippen MR) is 90.3 cm³/mol. The molecule has 0 aliphatic carbocycles. The molecule has 1 aliphatic rings. The Morgan fingerprint density at radius 2 is 2.26 bits per heavy atom. The van der Waals surface area contributed by atoms with E-state index in [1.807, 2.05) is 31.7 Å². The Balaban J connectivity index is 1.69. The Bertz CT molecular complexity index is 505. The standard InChI is InChI=1S/C18H30N2O3/c1-14-8-11-22-16(14)12-19-9-7-15-6-5-10-20(13-15)17(21)23-18(2,3)4/h8,11,15,19H,5-7,9-10,12-13H2,1-4H3. The minimum Gasteiger partial charge on any atom is -0.468 e. The summed E-state index contributed by atoms with van der Waals surface area (Å²) >= 11 is 0. The van der Waals surface area contributed by atoms with Gasteiger partial charge in [-0.1, -0.05) is 0 Å². The molecular weight excluding hydrogens is 292 g/mol. The van der Waals surface area contributed by atoms with Gasteiger partial charge in [-0.3, -0.25) is 0 Å². The van der Waals surface area contributed by atoms with Gasteiger partial charge in [-0.25, -0.2) is 4.79 Å². The second-order valence-electron chi connectivity index (χ2n) is 7.43. The number of hydrogen-bond acceptors (Lipinski definition) is 4. The van der Waals surface area contributed by atoms with Crippen molar-refractivity contribution in [2.24, 2.45) is 5.92 Å². The molecule has 1 aliphatic heterocycles. The number of furan rings is 1. The van der Waals surface area contributed by atoms with Gasteiger partial charge < -0.3 is 19.4 Å². The van der Waals surface area contributed by atoms with Gasteiger partial charge in [0.05, 0.1) is 12.8 Å². The molecule has 1 N–H and O–H groups in total. The van der Waals surface area contributed by atoms with Gasteiger partial charge in [-0.05, 0) is 71.0 Å². The molecule has 5 heteroatoms. The zero-order valence-electron chi connectivity index (χ0n) is 14.9. The van der Waals surface area contributed by atoms with Crippen LogP contribution in [0.2, 0.25) is 0 Å². The van der Waals surface area contributed by atoms with Crippen LogP contribution in [-0.4, -0.2) is 36.2 Å². The molecular formula is C18H30N2O3. The summed E-state index contributed by atoms with van der Waals surface area (Å²) in [6.07, 6.45) is 4.86. The lowest BCUT2D eigenvalue weighted by Crippen LogP contribution is -2.43. The van der Waals surface area contributed by atoms with Gasteiger partial charge >= 0.3 is 6.09 Å². The summed E-state index contributed by atoms with van der Waals surface area (Å²) in [5, 5.41) is 3.43. The van der Waals surface area contributed by atoms with Crippen molar-refractivity contribution < 1.29 is 13.9 Å². The number of rotatable bonds is 5. The molecule has 2 rings (SSSR count). The van der Waals surface area contributed by atoms with Gasteiger partial charge in [0.1, 0.15) is 11.4 Å². The minimum absolute atomic E-state index is 0.179. The van der Waals surface area contributed by atoms with Crippen LogP contribution in [0.5, 0.6) is 0 Å². The Hall–Kier alpha value is -1.49. The van der Waals surface area contributed by atoms with Crippen LogP contribution in [0.3, 0.4) is 0 Å². The fraction of sp³-hybridized carbons (Fsp3) is 0.722. The van der Waals surface area contributed by atoms with E-state index in [2.05, 4.69) is 12.2 Å². The molecule has 0 aromatic carbocycles. The van der Waals surface area contributed by atoms with Crippen LogP contribution in [0.25, 0.3) is 0 Å². The van der Waals surface area contributed by atoms with Crippen molar-refractivity contribution in [2.75, 3.05) is 19.6 Å². The number of aryl methyl sites for hydroxylation is 1. The van der Waals surface area contributed by atoms with Gasteiger partial charge in [0.2, 0.25) is 0 Å². The summed E-state index contributed by atoms with van der Waals surface area (Å²) < 4.78 is 10.9. The van der Waals surface area contributed by atoms with Crippen molar-refractivity contribution in [3.05, 3.63) is 23.7 Å². The second-order valence-corrected chi connectivity index (χ2v) is 7.43. The van der Waals surface area contributed by atoms with Gasteiger partial charge in [-0.2, -0.15) is 0 Å². The Morgan fingerprint density at radius 1 is 1.48 bits per heavy atom. The molecule has 130 valence electrons. The smallest absolute Gasteiger partial charge is 0.410 e. The number of nitrogens with zero attached hydrogens (tertiary/aromatic N) is 1. The first-order valence-electron chi connectivity index (χ1n) is 8.57. The van der Waals surface area contributed by atoms with Gasteiger partial charge in [0.15, 0.2) is 0 Å². The van der Waals surface area contributed by atoms with Gasteiger partial charge in [0.25, 0.3) is 0 Å². The highest BCUT2D eigenvalue weighted by Gasteiger charge is 2.27. The normalized spacial score (nSPS) is 19.0. The van der Waals surface area contributed by atoms with Crippen LogP contribution in [0.1, 0.15) is 51.4 Å². The number of piperidine rings is 1. The maximum atomic E-state index is 12.2. The first kappa shape index (κ1) is 17.9. The van der Waals surface area contributed by atoms with E-state index in [0.717, 1.165) is 44.8 Å². The van der Waals surface area contributed by atoms with Crippen molar-refractivity contribution in [2.45, 2.75) is 59.1 Å². The van der Waals surface area contributed by atoms with Crippen LogP contribution in [0.15, 0.2) is 16.7 Å². The molecule has 2 heterocycles. The summed E-state index contributed by atoms with van der Waals surface area (Å²) in [7, 11) is 0. The quantitative estimate of drug-likeness (QED) is 0.840. The monoisotopic (exact) mass is 322 g/mol. The van der Waals surface area contributed by atoms with E-state index in [1.54, 1.807) is 6.26 Å². The third-order valence-corrected chi connectivity index (χ3v) is 4.15. The summed E-state index contributed by atoms with van der Waals surface area (Å²) in [4.78, 5) is 14.0. The molecule has 1 saturated heterocycles. The highest BCUT2D eigenvalue weighted by molar-refractivity contribution is 5.68. The third-order valence-electron chi connectivity index (χ3n) is 4.15. The zero-order valence-corrected chi connectivity index (χ0v) is 14.9. The average molecular weight is 322 g/mol. The number of ether oxygens (including phenoxy) is 1. The van der Waals surface area contributed by atoms with Crippen molar-refractivity contribution in [1.29, 1.82) is 0 Å². The van der Waals surface area contributed by atoms with E-state index in [1.165, 1.54) is 12.0 Å². The Morgan fingerprint density at radius 3 is 2.91 bits per heavy atom. The lowest BCUT2D eigenvalue weighted by Gasteiger charge is -2.34. The fourth-order valence-corrected chi connectivity index (χ4v) is 2.89. The largest absolute Gasteiger partial charge is 0.468 e. The van der Waals surface area contributed by atoms with Crippen LogP contribution in [-0.2, 0) is 11.3 Å². The number of carbonyl (C=O) groups is 1. The van der Waals surface area contributed by atoms with Crippen LogP contribution < -0.4 is 5.32 Å². The molecule has 1 aromatic heterocycles. The molecule has 1 fully saturated rings. The number of amides is 1. The molecule has 0 spiro atoms. The summed E-state index contributed by atoms with van der Waals surface area (Å²) in [6, 6.07) is 1.98. The van der Waals surface area contributed by atoms with Gasteiger partial charge in [-0.15, -0.1) is 0 Å². The van der Waals surface area contributed by atoms with E-state index >= 15 is 0 Å². The maximum absolute atomic E-state index is 12.2. The fourth-order valence-electron chi connectivity index (χ4n) is 2.89. The van der Waals surface area contributed by atoms with Crippen LogP contribution in [0.4, 0.5) is 4.79 Å². The highest BCUT2D eigenvalue weighted by atomic mass is 16.6. The second kappa shape index (κ2) is 7.86. The Labute approximate surface area is 139 Å². The minimum atomic E-state index is -0.424. The summed E-state index contributed by atoms with van der Waals surface area (Å²) in [5.74, 6) is 1.55. The Kier molecular flexibility index (Phi) is 6.10. The summed E-state index contributed by atoms with van der Waals surface area (Å²) in [6.45, 7) is 11.1. The maximum Gasteiger partial charge on any atom is 0.410 e. The van der Waals surface area contributed by atoms with E-state index in [0.29, 0.717) is 5.92 Å². The third kappa shape index (κ3) is 5.90. The topological polar surface area (TPSA) is 54.7 Å². The van der Waals surface area contributed by atoms with Crippen LogP contribution >= 0.6 is 0 Å². The molecule has 1 unspecified atom stereocenters. The highest BCUT2D eigenvalue weighted by Crippen LogP contribution is 2.21. The van der Waals surface area contributed by atoms with Crippen molar-refractivity contribution in [3.8, 4) is 0 Å². The molecule has 0 radical (unpaired) electrons. The predicted octanol–water partition coefficient (Wildman–Crippen LogP) is 3.71. The van der Waals surface area contributed by atoms with Crippen molar-refractivity contribution in [1.82, 2.24) is 10.2 Å². The first-order valence-corrected chi connectivity index (χ1v) is 8.57. The molecule has 1 amide bonds. The zero-order chi connectivity index (χ0) is 16.9. The van der Waals surface area contributed by atoms with E-state index in [9.17, 15) is 4.79 Å². The number of hydrogen-bond donors (Lipinski definition) is 1. The van der Waals surface area contributed by atoms with Crippen molar-refractivity contribution >= 4 is 6.09 Å². The van der Waals surface area contributed by atoms with E-state index in [-0.39, 0.29) is 6.09 Å². The number of carbonyl (C=O) groups excluding carboxylic acids is 1. The molecule has 1 aromatic rings. The molecule has 1 atom stereocenters. The lowest BCUT2D eigenvalue weighted by atomic mass is 9.95.